The van der Waals surface area contributed by atoms with Crippen LogP contribution in [0.2, 0.25) is 0 Å². The van der Waals surface area contributed by atoms with Crippen LogP contribution >= 0.6 is 31.9 Å². The number of rotatable bonds is 10. The zero-order chi connectivity index (χ0) is 14.6. The van der Waals surface area contributed by atoms with E-state index in [-0.39, 0.29) is 12.2 Å². The number of allylic oxidation sites excluding steroid dienone is 2. The third-order valence-corrected chi connectivity index (χ3v) is 4.20. The molecule has 0 aromatic heterocycles. The Balaban J connectivity index is 2.01. The van der Waals surface area contributed by atoms with Crippen molar-refractivity contribution in [1.29, 1.82) is 0 Å². The average molecular weight is 410 g/mol. The average Bonchev–Trinajstić information content (AvgIpc) is 2.94. The van der Waals surface area contributed by atoms with Crippen molar-refractivity contribution in [3.8, 4) is 0 Å². The largest absolute Gasteiger partial charge is 0.375 e. The van der Waals surface area contributed by atoms with Gasteiger partial charge in [0.15, 0.2) is 0 Å². The molecule has 4 heteroatoms. The Bertz CT molecular complexity index is 293. The topological polar surface area (TPSA) is 18.5 Å². The van der Waals surface area contributed by atoms with Gasteiger partial charge >= 0.3 is 0 Å². The van der Waals surface area contributed by atoms with E-state index < -0.39 is 0 Å². The molecule has 0 aliphatic carbocycles. The summed E-state index contributed by atoms with van der Waals surface area (Å²) in [5.41, 5.74) is 0. The Morgan fingerprint density at radius 1 is 1.25 bits per heavy atom. The van der Waals surface area contributed by atoms with E-state index in [0.29, 0.717) is 0 Å². The molecular weight excluding hydrogens is 384 g/mol. The van der Waals surface area contributed by atoms with E-state index in [1.807, 2.05) is 0 Å². The minimum absolute atomic E-state index is 0.138. The van der Waals surface area contributed by atoms with Gasteiger partial charge < -0.3 is 9.47 Å². The second kappa shape index (κ2) is 12.0. The van der Waals surface area contributed by atoms with Gasteiger partial charge in [0.05, 0.1) is 9.50 Å². The van der Waals surface area contributed by atoms with E-state index in [0.717, 1.165) is 35.7 Å². The van der Waals surface area contributed by atoms with Gasteiger partial charge in [-0.15, -0.1) is 0 Å². The first-order valence-electron chi connectivity index (χ1n) is 7.56. The van der Waals surface area contributed by atoms with Gasteiger partial charge in [0.25, 0.3) is 0 Å². The maximum Gasteiger partial charge on any atom is 0.101 e. The minimum atomic E-state index is 0.138. The van der Waals surface area contributed by atoms with Gasteiger partial charge in [0, 0.05) is 13.7 Å². The summed E-state index contributed by atoms with van der Waals surface area (Å²) in [7, 11) is 1.77. The molecule has 2 atom stereocenters. The second-order valence-electron chi connectivity index (χ2n) is 5.17. The van der Waals surface area contributed by atoms with Crippen LogP contribution in [0.1, 0.15) is 51.4 Å². The monoisotopic (exact) mass is 408 g/mol. The van der Waals surface area contributed by atoms with E-state index in [1.54, 1.807) is 7.11 Å². The fourth-order valence-corrected chi connectivity index (χ4v) is 2.88. The molecule has 116 valence electrons. The van der Waals surface area contributed by atoms with Crippen LogP contribution in [0.25, 0.3) is 0 Å². The minimum Gasteiger partial charge on any atom is -0.375 e. The van der Waals surface area contributed by atoms with Crippen molar-refractivity contribution in [2.24, 2.45) is 0 Å². The third-order valence-electron chi connectivity index (χ3n) is 3.55. The van der Waals surface area contributed by atoms with Crippen LogP contribution in [-0.2, 0) is 9.47 Å². The lowest BCUT2D eigenvalue weighted by Crippen LogP contribution is -2.25. The van der Waals surface area contributed by atoms with Gasteiger partial charge in [0.1, 0.15) is 6.10 Å². The molecule has 0 bridgehead atoms. The predicted molar refractivity (Wildman–Crippen MR) is 92.6 cm³/mol. The molecule has 0 saturated carbocycles. The summed E-state index contributed by atoms with van der Waals surface area (Å²) in [5, 5.41) is 0. The summed E-state index contributed by atoms with van der Waals surface area (Å²) in [6.45, 7) is 0.886. The lowest BCUT2D eigenvalue weighted by molar-refractivity contribution is -0.00176. The third kappa shape index (κ3) is 8.60. The van der Waals surface area contributed by atoms with E-state index >= 15 is 0 Å². The number of halogens is 2. The highest BCUT2D eigenvalue weighted by atomic mass is 79.9. The summed E-state index contributed by atoms with van der Waals surface area (Å²) in [4.78, 5) is 0. The fourth-order valence-electron chi connectivity index (χ4n) is 2.42. The SMILES string of the molecule is CO[C@H](C=CCCCCCCC=C(Br)Br)[C@@H]1CCCO1. The molecule has 1 aliphatic rings. The Hall–Kier alpha value is 0.360. The van der Waals surface area contributed by atoms with Crippen LogP contribution in [0.15, 0.2) is 21.6 Å². The Labute approximate surface area is 140 Å². The second-order valence-corrected chi connectivity index (χ2v) is 7.94. The van der Waals surface area contributed by atoms with Crippen molar-refractivity contribution in [3.63, 3.8) is 0 Å². The highest BCUT2D eigenvalue weighted by Crippen LogP contribution is 2.19. The molecule has 1 saturated heterocycles. The molecule has 1 aliphatic heterocycles. The molecule has 0 amide bonds. The first-order chi connectivity index (χ1) is 9.74. The zero-order valence-electron chi connectivity index (χ0n) is 12.3. The maximum atomic E-state index is 5.66. The van der Waals surface area contributed by atoms with E-state index in [9.17, 15) is 0 Å². The van der Waals surface area contributed by atoms with Crippen LogP contribution in [0.5, 0.6) is 0 Å². The normalized spacial score (nSPS) is 20.4. The number of hydrogen-bond donors (Lipinski definition) is 0. The van der Waals surface area contributed by atoms with Crippen LogP contribution in [0, 0.1) is 0 Å². The number of hydrogen-bond acceptors (Lipinski definition) is 2. The quantitative estimate of drug-likeness (QED) is 0.340. The molecule has 0 spiro atoms. The van der Waals surface area contributed by atoms with Crippen LogP contribution in [0.4, 0.5) is 0 Å². The molecule has 1 fully saturated rings. The number of methoxy groups -OCH3 is 1. The van der Waals surface area contributed by atoms with Crippen molar-refractivity contribution in [1.82, 2.24) is 0 Å². The summed E-state index contributed by atoms with van der Waals surface area (Å²) in [6, 6.07) is 0. The highest BCUT2D eigenvalue weighted by Gasteiger charge is 2.23. The molecule has 0 unspecified atom stereocenters. The Kier molecular flexibility index (Phi) is 11.0. The summed E-state index contributed by atoms with van der Waals surface area (Å²) < 4.78 is 12.2. The van der Waals surface area contributed by atoms with Crippen molar-refractivity contribution in [2.75, 3.05) is 13.7 Å². The number of ether oxygens (including phenoxy) is 2. The van der Waals surface area contributed by atoms with Crippen LogP contribution < -0.4 is 0 Å². The fraction of sp³-hybridized carbons (Fsp3) is 0.750. The molecular formula is C16H26Br2O2. The van der Waals surface area contributed by atoms with Gasteiger partial charge in [-0.1, -0.05) is 31.1 Å². The van der Waals surface area contributed by atoms with E-state index in [2.05, 4.69) is 50.1 Å². The molecule has 1 rings (SSSR count). The highest BCUT2D eigenvalue weighted by molar-refractivity contribution is 9.28. The zero-order valence-corrected chi connectivity index (χ0v) is 15.5. The molecule has 0 aromatic carbocycles. The van der Waals surface area contributed by atoms with Crippen molar-refractivity contribution >= 4 is 31.9 Å². The van der Waals surface area contributed by atoms with Gasteiger partial charge in [-0.05, 0) is 70.4 Å². The Morgan fingerprint density at radius 3 is 2.60 bits per heavy atom. The smallest absolute Gasteiger partial charge is 0.101 e. The van der Waals surface area contributed by atoms with Crippen molar-refractivity contribution in [2.45, 2.75) is 63.6 Å². The molecule has 0 aromatic rings. The first-order valence-corrected chi connectivity index (χ1v) is 9.15. The molecule has 20 heavy (non-hydrogen) atoms. The van der Waals surface area contributed by atoms with E-state index in [1.165, 1.54) is 25.7 Å². The van der Waals surface area contributed by atoms with Crippen molar-refractivity contribution < 1.29 is 9.47 Å². The van der Waals surface area contributed by atoms with E-state index in [4.69, 9.17) is 9.47 Å². The maximum absolute atomic E-state index is 5.66. The lowest BCUT2D eigenvalue weighted by Gasteiger charge is -2.17. The summed E-state index contributed by atoms with van der Waals surface area (Å²) in [5.74, 6) is 0. The molecule has 1 heterocycles. The lowest BCUT2D eigenvalue weighted by atomic mass is 10.1. The Morgan fingerprint density at radius 2 is 2.00 bits per heavy atom. The molecule has 0 radical (unpaired) electrons. The number of unbranched alkanes of at least 4 members (excludes halogenated alkanes) is 5. The summed E-state index contributed by atoms with van der Waals surface area (Å²) >= 11 is 6.74. The summed E-state index contributed by atoms with van der Waals surface area (Å²) in [6.07, 6.45) is 16.7. The first kappa shape index (κ1) is 18.4. The van der Waals surface area contributed by atoms with Gasteiger partial charge in [-0.3, -0.25) is 0 Å². The van der Waals surface area contributed by atoms with Crippen LogP contribution in [-0.4, -0.2) is 25.9 Å². The van der Waals surface area contributed by atoms with Gasteiger partial charge in [-0.2, -0.15) is 0 Å². The van der Waals surface area contributed by atoms with Gasteiger partial charge in [-0.25, -0.2) is 0 Å². The molecule has 2 nitrogen and oxygen atoms in total. The standard InChI is InChI=1S/C16H26Br2O2/c1-19-14(15-11-9-13-20-15)10-7-5-3-2-4-6-8-12-16(17)18/h7,10,12,14-15H,2-6,8-9,11,13H2,1H3/t14-,15+/m1/s1. The molecule has 0 N–H and O–H groups in total. The predicted octanol–water partition coefficient (Wildman–Crippen LogP) is 5.71. The van der Waals surface area contributed by atoms with Gasteiger partial charge in [0.2, 0.25) is 0 Å². The van der Waals surface area contributed by atoms with Crippen molar-refractivity contribution in [3.05, 3.63) is 21.6 Å². The van der Waals surface area contributed by atoms with Crippen LogP contribution in [0.3, 0.4) is 0 Å².